The molecule has 5 heteroatoms. The molecule has 0 fully saturated rings. The number of nitrogens with zero attached hydrogens (tertiary/aromatic N) is 3. The summed E-state index contributed by atoms with van der Waals surface area (Å²) in [6.45, 7) is 0. The summed E-state index contributed by atoms with van der Waals surface area (Å²) in [5.74, 6) is 0.660. The van der Waals surface area contributed by atoms with Gasteiger partial charge in [-0.1, -0.05) is 97.1 Å². The van der Waals surface area contributed by atoms with E-state index in [2.05, 4.69) is 83.4 Å². The summed E-state index contributed by atoms with van der Waals surface area (Å²) in [7, 11) is 0. The van der Waals surface area contributed by atoms with Crippen LogP contribution in [0.4, 0.5) is 0 Å². The van der Waals surface area contributed by atoms with Crippen LogP contribution in [-0.2, 0) is 0 Å². The van der Waals surface area contributed by atoms with Gasteiger partial charge >= 0.3 is 0 Å². The lowest BCUT2D eigenvalue weighted by atomic mass is 10.1. The Balaban J connectivity index is 1.34. The molecule has 10 rings (SSSR count). The zero-order valence-electron chi connectivity index (χ0n) is 23.9. The number of hydrogen-bond donors (Lipinski definition) is 0. The summed E-state index contributed by atoms with van der Waals surface area (Å²) in [6.07, 6.45) is 0. The average molecular weight is 578 g/mol. The molecule has 210 valence electrons. The first-order chi connectivity index (χ1) is 22.3. The molecule has 45 heavy (non-hydrogen) atoms. The predicted molar refractivity (Wildman–Crippen MR) is 182 cm³/mol. The molecule has 0 atom stereocenters. The van der Waals surface area contributed by atoms with Crippen LogP contribution in [0.15, 0.2) is 148 Å². The van der Waals surface area contributed by atoms with Crippen molar-refractivity contribution in [1.29, 1.82) is 0 Å². The quantitative estimate of drug-likeness (QED) is 0.210. The van der Waals surface area contributed by atoms with E-state index in [9.17, 15) is 0 Å². The molecule has 6 aromatic carbocycles. The normalized spacial score (nSPS) is 12.0. The minimum atomic E-state index is 0.660. The number of rotatable bonds is 3. The highest BCUT2D eigenvalue weighted by Crippen LogP contribution is 2.43. The highest BCUT2D eigenvalue weighted by molar-refractivity contribution is 6.27. The van der Waals surface area contributed by atoms with E-state index < -0.39 is 0 Å². The first-order valence-electron chi connectivity index (χ1n) is 15.0. The Morgan fingerprint density at radius 2 is 1.16 bits per heavy atom. The molecule has 0 saturated heterocycles. The Morgan fingerprint density at radius 3 is 2.02 bits per heavy atom. The van der Waals surface area contributed by atoms with Gasteiger partial charge in [0, 0.05) is 38.1 Å². The molecule has 0 aliphatic carbocycles. The van der Waals surface area contributed by atoms with E-state index in [0.717, 1.165) is 72.0 Å². The second-order valence-corrected chi connectivity index (χ2v) is 11.3. The van der Waals surface area contributed by atoms with Gasteiger partial charge in [-0.2, -0.15) is 0 Å². The third kappa shape index (κ3) is 3.43. The van der Waals surface area contributed by atoms with Crippen molar-refractivity contribution in [2.75, 3.05) is 0 Å². The SMILES string of the molecule is c1ccc(-c2nc(-c3ccccc3-n3c4ccccc4c4c5c(ccc43)oc3ccccc35)c3oc4ccccc4c3n2)cc1. The second kappa shape index (κ2) is 9.15. The van der Waals surface area contributed by atoms with Gasteiger partial charge in [0.05, 0.1) is 16.7 Å². The van der Waals surface area contributed by atoms with Gasteiger partial charge in [0.1, 0.15) is 28.0 Å². The number of benzene rings is 6. The monoisotopic (exact) mass is 577 g/mol. The Kier molecular flexibility index (Phi) is 4.93. The zero-order chi connectivity index (χ0) is 29.5. The van der Waals surface area contributed by atoms with E-state index in [0.29, 0.717) is 11.4 Å². The smallest absolute Gasteiger partial charge is 0.180 e. The maximum atomic E-state index is 6.52. The molecular weight excluding hydrogens is 554 g/mol. The number of aromatic nitrogens is 3. The summed E-state index contributed by atoms with van der Waals surface area (Å²) >= 11 is 0. The van der Waals surface area contributed by atoms with Crippen LogP contribution in [0.25, 0.3) is 94.1 Å². The van der Waals surface area contributed by atoms with Gasteiger partial charge in [0.2, 0.25) is 0 Å². The molecule has 0 aliphatic heterocycles. The van der Waals surface area contributed by atoms with E-state index in [1.807, 2.05) is 60.7 Å². The number of fused-ring (bicyclic) bond motifs is 10. The van der Waals surface area contributed by atoms with Crippen molar-refractivity contribution in [3.8, 4) is 28.3 Å². The first kappa shape index (κ1) is 24.3. The summed E-state index contributed by atoms with van der Waals surface area (Å²) in [4.78, 5) is 10.3. The topological polar surface area (TPSA) is 57.0 Å². The highest BCUT2D eigenvalue weighted by atomic mass is 16.3. The summed E-state index contributed by atoms with van der Waals surface area (Å²) < 4.78 is 15.2. The van der Waals surface area contributed by atoms with Gasteiger partial charge in [0.15, 0.2) is 11.4 Å². The molecule has 10 aromatic rings. The lowest BCUT2D eigenvalue weighted by Crippen LogP contribution is -2.00. The van der Waals surface area contributed by atoms with E-state index in [-0.39, 0.29) is 0 Å². The van der Waals surface area contributed by atoms with E-state index >= 15 is 0 Å². The van der Waals surface area contributed by atoms with Crippen LogP contribution in [0, 0.1) is 0 Å². The number of para-hydroxylation sites is 4. The summed E-state index contributed by atoms with van der Waals surface area (Å²) in [5, 5.41) is 5.55. The van der Waals surface area contributed by atoms with Crippen molar-refractivity contribution >= 4 is 65.8 Å². The lowest BCUT2D eigenvalue weighted by Gasteiger charge is -2.14. The Morgan fingerprint density at radius 1 is 0.467 bits per heavy atom. The fourth-order valence-electron chi connectivity index (χ4n) is 6.89. The van der Waals surface area contributed by atoms with Gasteiger partial charge in [-0.05, 0) is 42.5 Å². The molecule has 0 aliphatic rings. The van der Waals surface area contributed by atoms with Crippen molar-refractivity contribution in [1.82, 2.24) is 14.5 Å². The van der Waals surface area contributed by atoms with Gasteiger partial charge < -0.3 is 13.4 Å². The molecule has 0 unspecified atom stereocenters. The molecule has 0 radical (unpaired) electrons. The molecule has 0 N–H and O–H groups in total. The van der Waals surface area contributed by atoms with Gasteiger partial charge in [-0.3, -0.25) is 0 Å². The third-order valence-electron chi connectivity index (χ3n) is 8.83. The van der Waals surface area contributed by atoms with Crippen LogP contribution in [0.5, 0.6) is 0 Å². The van der Waals surface area contributed by atoms with Crippen LogP contribution >= 0.6 is 0 Å². The fourth-order valence-corrected chi connectivity index (χ4v) is 6.89. The second-order valence-electron chi connectivity index (χ2n) is 11.3. The van der Waals surface area contributed by atoms with Gasteiger partial charge in [-0.15, -0.1) is 0 Å². The molecule has 0 spiro atoms. The zero-order valence-corrected chi connectivity index (χ0v) is 23.9. The molecule has 0 amide bonds. The summed E-state index contributed by atoms with van der Waals surface area (Å²) in [5.41, 5.74) is 9.92. The number of furan rings is 2. The highest BCUT2D eigenvalue weighted by Gasteiger charge is 2.23. The van der Waals surface area contributed by atoms with Crippen LogP contribution < -0.4 is 0 Å². The minimum Gasteiger partial charge on any atom is -0.456 e. The van der Waals surface area contributed by atoms with Crippen molar-refractivity contribution < 1.29 is 8.83 Å². The Labute approximate surface area is 256 Å². The van der Waals surface area contributed by atoms with Crippen LogP contribution in [0.2, 0.25) is 0 Å². The van der Waals surface area contributed by atoms with E-state index in [4.69, 9.17) is 18.8 Å². The largest absolute Gasteiger partial charge is 0.456 e. The van der Waals surface area contributed by atoms with E-state index in [1.54, 1.807) is 0 Å². The first-order valence-corrected chi connectivity index (χ1v) is 15.0. The molecular formula is C40H23N3O2. The average Bonchev–Trinajstić information content (AvgIpc) is 3.77. The maximum Gasteiger partial charge on any atom is 0.180 e. The van der Waals surface area contributed by atoms with Crippen molar-refractivity contribution in [3.05, 3.63) is 140 Å². The van der Waals surface area contributed by atoms with Crippen molar-refractivity contribution in [2.24, 2.45) is 0 Å². The molecule has 4 aromatic heterocycles. The summed E-state index contributed by atoms with van der Waals surface area (Å²) in [6, 6.07) is 47.8. The number of hydrogen-bond acceptors (Lipinski definition) is 4. The molecule has 0 saturated carbocycles. The van der Waals surface area contributed by atoms with Gasteiger partial charge in [0.25, 0.3) is 0 Å². The minimum absolute atomic E-state index is 0.660. The Bertz CT molecular complexity index is 2770. The molecule has 5 nitrogen and oxygen atoms in total. The predicted octanol–water partition coefficient (Wildman–Crippen LogP) is 10.7. The van der Waals surface area contributed by atoms with Crippen LogP contribution in [0.1, 0.15) is 0 Å². The van der Waals surface area contributed by atoms with Crippen LogP contribution in [0.3, 0.4) is 0 Å². The van der Waals surface area contributed by atoms with Crippen molar-refractivity contribution in [2.45, 2.75) is 0 Å². The van der Waals surface area contributed by atoms with Gasteiger partial charge in [-0.25, -0.2) is 9.97 Å². The lowest BCUT2D eigenvalue weighted by molar-refractivity contribution is 0.667. The van der Waals surface area contributed by atoms with Crippen molar-refractivity contribution in [3.63, 3.8) is 0 Å². The fraction of sp³-hybridized carbons (Fsp3) is 0. The van der Waals surface area contributed by atoms with Crippen LogP contribution in [-0.4, -0.2) is 14.5 Å². The standard InChI is InChI=1S/C40H23N3O2/c1-2-12-24(13-3-1)40-41-37(39-38(42-40)28-17-7-11-21-33(28)45-39)26-15-5-9-19-30(26)43-29-18-8-4-14-25(29)35-31(43)22-23-34-36(35)27-16-6-10-20-32(27)44-34/h1-23H. The molecule has 0 bridgehead atoms. The Hall–Kier alpha value is -6.20. The van der Waals surface area contributed by atoms with E-state index in [1.165, 1.54) is 10.8 Å². The third-order valence-corrected chi connectivity index (χ3v) is 8.83. The molecule has 4 heterocycles. The maximum absolute atomic E-state index is 6.52.